The molecular formula is C14H22N4O3. The Kier molecular flexibility index (Phi) is 4.93. The van der Waals surface area contributed by atoms with E-state index in [4.69, 9.17) is 5.11 Å². The molecule has 1 fully saturated rings. The SMILES string of the molecule is CC(C)Cc1c(C(=O)O)nnn1CC(=O)NC1CCCC1. The summed E-state index contributed by atoms with van der Waals surface area (Å²) in [5.74, 6) is -0.972. The molecule has 7 nitrogen and oxygen atoms in total. The minimum absolute atomic E-state index is 0.0266. The first kappa shape index (κ1) is 15.5. The molecule has 0 saturated heterocycles. The number of carboxylic acids is 1. The summed E-state index contributed by atoms with van der Waals surface area (Å²) in [6, 6.07) is 0.244. The highest BCUT2D eigenvalue weighted by atomic mass is 16.4. The maximum Gasteiger partial charge on any atom is 0.358 e. The van der Waals surface area contributed by atoms with Crippen molar-refractivity contribution in [1.29, 1.82) is 0 Å². The minimum Gasteiger partial charge on any atom is -0.476 e. The van der Waals surface area contributed by atoms with Gasteiger partial charge in [-0.1, -0.05) is 31.9 Å². The number of nitrogens with zero attached hydrogens (tertiary/aromatic N) is 3. The van der Waals surface area contributed by atoms with Gasteiger partial charge in [-0.15, -0.1) is 5.10 Å². The summed E-state index contributed by atoms with van der Waals surface area (Å²) in [5, 5.41) is 19.6. The maximum atomic E-state index is 12.0. The second-order valence-corrected chi connectivity index (χ2v) is 5.99. The van der Waals surface area contributed by atoms with Crippen LogP contribution in [-0.2, 0) is 17.8 Å². The zero-order valence-corrected chi connectivity index (χ0v) is 12.5. The van der Waals surface area contributed by atoms with Crippen molar-refractivity contribution >= 4 is 11.9 Å². The van der Waals surface area contributed by atoms with E-state index in [9.17, 15) is 9.59 Å². The van der Waals surface area contributed by atoms with Crippen LogP contribution in [0.5, 0.6) is 0 Å². The third kappa shape index (κ3) is 4.03. The van der Waals surface area contributed by atoms with Crippen molar-refractivity contribution in [3.8, 4) is 0 Å². The van der Waals surface area contributed by atoms with Gasteiger partial charge in [-0.05, 0) is 25.2 Å². The molecule has 1 aromatic heterocycles. The Morgan fingerprint density at radius 1 is 1.38 bits per heavy atom. The largest absolute Gasteiger partial charge is 0.476 e. The van der Waals surface area contributed by atoms with Crippen LogP contribution in [-0.4, -0.2) is 38.0 Å². The van der Waals surface area contributed by atoms with Crippen molar-refractivity contribution in [2.24, 2.45) is 5.92 Å². The number of rotatable bonds is 6. The van der Waals surface area contributed by atoms with Gasteiger partial charge in [0.05, 0.1) is 5.69 Å². The molecule has 0 spiro atoms. The predicted octanol–water partition coefficient (Wildman–Crippen LogP) is 1.23. The molecule has 116 valence electrons. The van der Waals surface area contributed by atoms with Gasteiger partial charge in [-0.2, -0.15) is 0 Å². The van der Waals surface area contributed by atoms with Crippen LogP contribution >= 0.6 is 0 Å². The summed E-state index contributed by atoms with van der Waals surface area (Å²) in [5.41, 5.74) is 0.455. The van der Waals surface area contributed by atoms with Gasteiger partial charge in [-0.3, -0.25) is 4.79 Å². The first-order valence-electron chi connectivity index (χ1n) is 7.42. The molecule has 0 unspecified atom stereocenters. The first-order chi connectivity index (χ1) is 9.97. The second-order valence-electron chi connectivity index (χ2n) is 5.99. The Balaban J connectivity index is 2.07. The highest BCUT2D eigenvalue weighted by molar-refractivity contribution is 5.86. The zero-order valence-electron chi connectivity index (χ0n) is 12.5. The molecule has 1 aromatic rings. The Bertz CT molecular complexity index is 518. The average Bonchev–Trinajstić information content (AvgIpc) is 3.00. The monoisotopic (exact) mass is 294 g/mol. The molecule has 0 radical (unpaired) electrons. The number of carbonyl (C=O) groups excluding carboxylic acids is 1. The van der Waals surface area contributed by atoms with Crippen LogP contribution in [0.25, 0.3) is 0 Å². The number of nitrogens with one attached hydrogen (secondary N) is 1. The molecule has 1 saturated carbocycles. The van der Waals surface area contributed by atoms with E-state index < -0.39 is 5.97 Å². The van der Waals surface area contributed by atoms with Crippen LogP contribution < -0.4 is 5.32 Å². The average molecular weight is 294 g/mol. The predicted molar refractivity (Wildman–Crippen MR) is 75.9 cm³/mol. The lowest BCUT2D eigenvalue weighted by Crippen LogP contribution is -2.35. The smallest absolute Gasteiger partial charge is 0.358 e. The van der Waals surface area contributed by atoms with Crippen molar-refractivity contribution in [3.05, 3.63) is 11.4 Å². The van der Waals surface area contributed by atoms with Gasteiger partial charge >= 0.3 is 5.97 Å². The Hall–Kier alpha value is -1.92. The van der Waals surface area contributed by atoms with Crippen molar-refractivity contribution in [2.75, 3.05) is 0 Å². The summed E-state index contributed by atoms with van der Waals surface area (Å²) < 4.78 is 1.41. The van der Waals surface area contributed by atoms with E-state index in [-0.39, 0.29) is 30.1 Å². The van der Waals surface area contributed by atoms with Gasteiger partial charge < -0.3 is 10.4 Å². The Morgan fingerprint density at radius 2 is 2.05 bits per heavy atom. The zero-order chi connectivity index (χ0) is 15.4. The van der Waals surface area contributed by atoms with E-state index in [2.05, 4.69) is 15.6 Å². The fraction of sp³-hybridized carbons (Fsp3) is 0.714. The molecule has 0 bridgehead atoms. The lowest BCUT2D eigenvalue weighted by molar-refractivity contribution is -0.122. The number of aromatic nitrogens is 3. The summed E-state index contributed by atoms with van der Waals surface area (Å²) in [6.07, 6.45) is 4.86. The molecule has 2 N–H and O–H groups in total. The minimum atomic E-state index is -1.10. The normalized spacial score (nSPS) is 15.6. The highest BCUT2D eigenvalue weighted by Gasteiger charge is 2.22. The molecular weight excluding hydrogens is 272 g/mol. The third-order valence-electron chi connectivity index (χ3n) is 3.66. The van der Waals surface area contributed by atoms with E-state index in [1.165, 1.54) is 4.68 Å². The molecule has 7 heteroatoms. The van der Waals surface area contributed by atoms with Gasteiger partial charge in [0, 0.05) is 6.04 Å². The molecule has 1 amide bonds. The summed E-state index contributed by atoms with van der Waals surface area (Å²) >= 11 is 0. The molecule has 2 rings (SSSR count). The van der Waals surface area contributed by atoms with E-state index >= 15 is 0 Å². The lowest BCUT2D eigenvalue weighted by atomic mass is 10.1. The molecule has 1 heterocycles. The highest BCUT2D eigenvalue weighted by Crippen LogP contribution is 2.17. The van der Waals surface area contributed by atoms with Gasteiger partial charge in [0.25, 0.3) is 0 Å². The van der Waals surface area contributed by atoms with Crippen LogP contribution in [0.1, 0.15) is 55.7 Å². The summed E-state index contributed by atoms with van der Waals surface area (Å²) in [7, 11) is 0. The van der Waals surface area contributed by atoms with Gasteiger partial charge in [0.15, 0.2) is 5.69 Å². The van der Waals surface area contributed by atoms with E-state index in [0.29, 0.717) is 12.1 Å². The van der Waals surface area contributed by atoms with Gasteiger partial charge in [-0.25, -0.2) is 9.48 Å². The topological polar surface area (TPSA) is 97.1 Å². The standard InChI is InChI=1S/C14H22N4O3/c1-9(2)7-11-13(14(20)21)16-17-18(11)8-12(19)15-10-5-3-4-6-10/h9-10H,3-8H2,1-2H3,(H,15,19)(H,20,21). The first-order valence-corrected chi connectivity index (χ1v) is 7.42. The van der Waals surface area contributed by atoms with Crippen molar-refractivity contribution in [2.45, 2.75) is 58.5 Å². The van der Waals surface area contributed by atoms with Crippen LogP contribution in [0, 0.1) is 5.92 Å². The van der Waals surface area contributed by atoms with E-state index in [0.717, 1.165) is 25.7 Å². The fourth-order valence-corrected chi connectivity index (χ4v) is 2.69. The van der Waals surface area contributed by atoms with Crippen LogP contribution in [0.15, 0.2) is 0 Å². The van der Waals surface area contributed by atoms with E-state index in [1.54, 1.807) is 0 Å². The van der Waals surface area contributed by atoms with Crippen molar-refractivity contribution < 1.29 is 14.7 Å². The number of aromatic carboxylic acids is 1. The number of carboxylic acid groups (broad SMARTS) is 1. The number of hydrogen-bond acceptors (Lipinski definition) is 4. The summed E-state index contributed by atoms with van der Waals surface area (Å²) in [4.78, 5) is 23.2. The number of amides is 1. The van der Waals surface area contributed by atoms with Crippen molar-refractivity contribution in [1.82, 2.24) is 20.3 Å². The molecule has 1 aliphatic carbocycles. The van der Waals surface area contributed by atoms with Gasteiger partial charge in [0.2, 0.25) is 5.91 Å². The van der Waals surface area contributed by atoms with Crippen LogP contribution in [0.3, 0.4) is 0 Å². The van der Waals surface area contributed by atoms with Gasteiger partial charge in [0.1, 0.15) is 6.54 Å². The van der Waals surface area contributed by atoms with Crippen LogP contribution in [0.2, 0.25) is 0 Å². The molecule has 0 atom stereocenters. The third-order valence-corrected chi connectivity index (χ3v) is 3.66. The quantitative estimate of drug-likeness (QED) is 0.822. The molecule has 0 aromatic carbocycles. The molecule has 0 aliphatic heterocycles. The second kappa shape index (κ2) is 6.69. The lowest BCUT2D eigenvalue weighted by Gasteiger charge is -2.13. The fourth-order valence-electron chi connectivity index (χ4n) is 2.69. The number of carbonyl (C=O) groups is 2. The molecule has 1 aliphatic rings. The van der Waals surface area contributed by atoms with Crippen LogP contribution in [0.4, 0.5) is 0 Å². The van der Waals surface area contributed by atoms with Crippen molar-refractivity contribution in [3.63, 3.8) is 0 Å². The Morgan fingerprint density at radius 3 is 2.62 bits per heavy atom. The number of hydrogen-bond donors (Lipinski definition) is 2. The maximum absolute atomic E-state index is 12.0. The molecule has 21 heavy (non-hydrogen) atoms. The Labute approximate surface area is 123 Å². The van der Waals surface area contributed by atoms with E-state index in [1.807, 2.05) is 13.8 Å². The summed E-state index contributed by atoms with van der Waals surface area (Å²) in [6.45, 7) is 4.00.